The van der Waals surface area contributed by atoms with Crippen molar-refractivity contribution in [1.82, 2.24) is 0 Å². The summed E-state index contributed by atoms with van der Waals surface area (Å²) < 4.78 is 0. The van der Waals surface area contributed by atoms with E-state index in [9.17, 15) is 9.90 Å². The Morgan fingerprint density at radius 2 is 1.89 bits per heavy atom. The molecule has 0 aliphatic heterocycles. The Bertz CT molecular complexity index is 385. The predicted molar refractivity (Wildman–Crippen MR) is 79.5 cm³/mol. The molecule has 0 aliphatic rings. The molecular formula is C17H26O2. The molecule has 0 amide bonds. The van der Waals surface area contributed by atoms with Gasteiger partial charge in [0.25, 0.3) is 0 Å². The maximum atomic E-state index is 12.4. The number of Topliss-reactive ketones (excluding diaryl/α,β-unsaturated/α-hetero) is 1. The van der Waals surface area contributed by atoms with Crippen LogP contribution in [0.2, 0.25) is 0 Å². The smallest absolute Gasteiger partial charge is 0.140 e. The molecule has 19 heavy (non-hydrogen) atoms. The van der Waals surface area contributed by atoms with E-state index in [1.165, 1.54) is 0 Å². The van der Waals surface area contributed by atoms with Gasteiger partial charge in [-0.1, -0.05) is 51.7 Å². The normalized spacial score (nSPS) is 12.3. The first-order valence-corrected chi connectivity index (χ1v) is 7.50. The third kappa shape index (κ3) is 5.46. The number of unbranched alkanes of at least 4 members (excludes halogenated alkanes) is 3. The summed E-state index contributed by atoms with van der Waals surface area (Å²) in [4.78, 5) is 12.4. The highest BCUT2D eigenvalue weighted by atomic mass is 16.3. The first-order chi connectivity index (χ1) is 9.19. The van der Waals surface area contributed by atoms with Crippen molar-refractivity contribution in [2.24, 2.45) is 0 Å². The second-order valence-corrected chi connectivity index (χ2v) is 5.21. The van der Waals surface area contributed by atoms with Gasteiger partial charge < -0.3 is 5.11 Å². The van der Waals surface area contributed by atoms with Gasteiger partial charge in [-0.25, -0.2) is 0 Å². The van der Waals surface area contributed by atoms with Crippen LogP contribution < -0.4 is 0 Å². The molecule has 0 heterocycles. The molecule has 1 aromatic rings. The van der Waals surface area contributed by atoms with E-state index >= 15 is 0 Å². The Morgan fingerprint density at radius 3 is 2.53 bits per heavy atom. The van der Waals surface area contributed by atoms with E-state index in [0.717, 1.165) is 44.1 Å². The number of phenolic OH excluding ortho intramolecular Hbond substituents is 1. The number of benzene rings is 1. The highest BCUT2D eigenvalue weighted by Gasteiger charge is 2.19. The maximum absolute atomic E-state index is 12.4. The van der Waals surface area contributed by atoms with E-state index in [1.807, 2.05) is 12.1 Å². The second-order valence-electron chi connectivity index (χ2n) is 5.21. The Morgan fingerprint density at radius 1 is 1.16 bits per heavy atom. The summed E-state index contributed by atoms with van der Waals surface area (Å²) in [7, 11) is 0. The zero-order valence-corrected chi connectivity index (χ0v) is 12.2. The minimum absolute atomic E-state index is 0.0380. The largest absolute Gasteiger partial charge is 0.508 e. The third-order valence-electron chi connectivity index (χ3n) is 3.53. The van der Waals surface area contributed by atoms with Crippen molar-refractivity contribution in [2.45, 2.75) is 64.7 Å². The highest BCUT2D eigenvalue weighted by molar-refractivity contribution is 5.85. The summed E-state index contributed by atoms with van der Waals surface area (Å²) in [6, 6.07) is 7.17. The number of rotatable bonds is 9. The van der Waals surface area contributed by atoms with Crippen molar-refractivity contribution in [1.29, 1.82) is 0 Å². The molecule has 1 rings (SSSR count). The number of phenols is 1. The fourth-order valence-electron chi connectivity index (χ4n) is 2.39. The van der Waals surface area contributed by atoms with E-state index in [4.69, 9.17) is 0 Å². The molecule has 1 aromatic carbocycles. The minimum atomic E-state index is -0.0380. The van der Waals surface area contributed by atoms with Crippen LogP contribution >= 0.6 is 0 Å². The fourth-order valence-corrected chi connectivity index (χ4v) is 2.39. The molecule has 0 saturated heterocycles. The Labute approximate surface area is 116 Å². The first kappa shape index (κ1) is 15.7. The van der Waals surface area contributed by atoms with E-state index in [-0.39, 0.29) is 11.7 Å². The molecule has 0 unspecified atom stereocenters. The fraction of sp³-hybridized carbons (Fsp3) is 0.588. The van der Waals surface area contributed by atoms with Gasteiger partial charge in [0.05, 0.1) is 0 Å². The molecule has 1 N–H and O–H groups in total. The van der Waals surface area contributed by atoms with Crippen molar-refractivity contribution in [2.75, 3.05) is 0 Å². The van der Waals surface area contributed by atoms with Crippen molar-refractivity contribution in [3.05, 3.63) is 29.8 Å². The van der Waals surface area contributed by atoms with Gasteiger partial charge in [0.2, 0.25) is 0 Å². The summed E-state index contributed by atoms with van der Waals surface area (Å²) in [6.07, 6.45) is 6.95. The van der Waals surface area contributed by atoms with Gasteiger partial charge in [0, 0.05) is 12.3 Å². The summed E-state index contributed by atoms with van der Waals surface area (Å²) in [5.74, 6) is 0.539. The molecule has 2 heteroatoms. The van der Waals surface area contributed by atoms with E-state index in [0.29, 0.717) is 12.2 Å². The Hall–Kier alpha value is -1.31. The minimum Gasteiger partial charge on any atom is -0.508 e. The van der Waals surface area contributed by atoms with Crippen LogP contribution in [0.15, 0.2) is 24.3 Å². The zero-order chi connectivity index (χ0) is 14.1. The monoisotopic (exact) mass is 262 g/mol. The lowest BCUT2D eigenvalue weighted by Crippen LogP contribution is -2.12. The van der Waals surface area contributed by atoms with Gasteiger partial charge in [-0.05, 0) is 30.5 Å². The lowest BCUT2D eigenvalue weighted by atomic mass is 9.87. The third-order valence-corrected chi connectivity index (χ3v) is 3.53. The average molecular weight is 262 g/mol. The van der Waals surface area contributed by atoms with Crippen LogP contribution in [0.3, 0.4) is 0 Å². The summed E-state index contributed by atoms with van der Waals surface area (Å²) in [5, 5.41) is 9.57. The summed E-state index contributed by atoms with van der Waals surface area (Å²) in [5.41, 5.74) is 0.968. The van der Waals surface area contributed by atoms with E-state index in [1.54, 1.807) is 12.1 Å². The number of hydrogen-bond donors (Lipinski definition) is 1. The van der Waals surface area contributed by atoms with Gasteiger partial charge in [0.1, 0.15) is 11.5 Å². The lowest BCUT2D eigenvalue weighted by Gasteiger charge is -2.16. The van der Waals surface area contributed by atoms with Crippen molar-refractivity contribution in [3.8, 4) is 5.75 Å². The molecular weight excluding hydrogens is 236 g/mol. The molecule has 0 aliphatic carbocycles. The topological polar surface area (TPSA) is 37.3 Å². The molecule has 106 valence electrons. The van der Waals surface area contributed by atoms with Crippen LogP contribution in [0.4, 0.5) is 0 Å². The van der Waals surface area contributed by atoms with Crippen LogP contribution in [0.25, 0.3) is 0 Å². The highest BCUT2D eigenvalue weighted by Crippen LogP contribution is 2.27. The van der Waals surface area contributed by atoms with Crippen LogP contribution in [0.1, 0.15) is 70.3 Å². The Kier molecular flexibility index (Phi) is 7.24. The van der Waals surface area contributed by atoms with Gasteiger partial charge in [-0.15, -0.1) is 0 Å². The molecule has 0 saturated carbocycles. The summed E-state index contributed by atoms with van der Waals surface area (Å²) >= 11 is 0. The van der Waals surface area contributed by atoms with Gasteiger partial charge in [0.15, 0.2) is 0 Å². The van der Waals surface area contributed by atoms with Crippen molar-refractivity contribution < 1.29 is 9.90 Å². The number of aromatic hydroxyl groups is 1. The molecule has 1 atom stereocenters. The predicted octanol–water partition coefficient (Wildman–Crippen LogP) is 4.82. The van der Waals surface area contributed by atoms with Crippen LogP contribution in [-0.2, 0) is 4.79 Å². The van der Waals surface area contributed by atoms with Crippen LogP contribution in [0.5, 0.6) is 5.75 Å². The summed E-state index contributed by atoms with van der Waals surface area (Å²) in [6.45, 7) is 4.29. The standard InChI is InChI=1S/C17H26O2/c1-3-5-7-12-17(19)16(11-6-4-2)14-9-8-10-15(18)13-14/h8-10,13,16,18H,3-7,11-12H2,1-2H3/t16-/m1/s1. The number of ketones is 1. The first-order valence-electron chi connectivity index (χ1n) is 7.50. The van der Waals surface area contributed by atoms with Crippen LogP contribution in [0, 0.1) is 0 Å². The van der Waals surface area contributed by atoms with Gasteiger partial charge in [-0.2, -0.15) is 0 Å². The molecule has 0 fully saturated rings. The second kappa shape index (κ2) is 8.73. The lowest BCUT2D eigenvalue weighted by molar-refractivity contribution is -0.120. The number of hydrogen-bond acceptors (Lipinski definition) is 2. The molecule has 2 nitrogen and oxygen atoms in total. The van der Waals surface area contributed by atoms with E-state index in [2.05, 4.69) is 13.8 Å². The zero-order valence-electron chi connectivity index (χ0n) is 12.2. The molecule has 0 radical (unpaired) electrons. The van der Waals surface area contributed by atoms with Crippen molar-refractivity contribution >= 4 is 5.78 Å². The molecule has 0 bridgehead atoms. The van der Waals surface area contributed by atoms with E-state index < -0.39 is 0 Å². The van der Waals surface area contributed by atoms with Crippen LogP contribution in [-0.4, -0.2) is 10.9 Å². The Balaban J connectivity index is 2.73. The quantitative estimate of drug-likeness (QED) is 0.648. The number of carbonyl (C=O) groups excluding carboxylic acids is 1. The SMILES string of the molecule is CCCCCC(=O)[C@H](CCCC)c1cccc(O)c1. The average Bonchev–Trinajstić information content (AvgIpc) is 2.39. The van der Waals surface area contributed by atoms with Gasteiger partial charge in [-0.3, -0.25) is 4.79 Å². The molecule has 0 aromatic heterocycles. The van der Waals surface area contributed by atoms with Crippen molar-refractivity contribution in [3.63, 3.8) is 0 Å². The number of carbonyl (C=O) groups is 1. The maximum Gasteiger partial charge on any atom is 0.140 e. The molecule has 0 spiro atoms. The van der Waals surface area contributed by atoms with Gasteiger partial charge >= 0.3 is 0 Å².